The van der Waals surface area contributed by atoms with E-state index in [1.54, 1.807) is 11.3 Å². The molecule has 1 aliphatic heterocycles. The molecule has 0 atom stereocenters. The largest absolute Gasteiger partial charge is 0.356 e. The van der Waals surface area contributed by atoms with Gasteiger partial charge in [0.15, 0.2) is 0 Å². The number of hydrogen-bond donors (Lipinski definition) is 1. The Bertz CT molecular complexity index is 662. The summed E-state index contributed by atoms with van der Waals surface area (Å²) in [7, 11) is 0. The number of amides is 1. The number of carbonyl (C=O) groups excluding carboxylic acids is 1. The van der Waals surface area contributed by atoms with E-state index in [2.05, 4.69) is 22.4 Å². The highest BCUT2D eigenvalue weighted by atomic mass is 32.1. The van der Waals surface area contributed by atoms with Gasteiger partial charge in [-0.25, -0.2) is 0 Å². The quantitative estimate of drug-likeness (QED) is 0.867. The van der Waals surface area contributed by atoms with Crippen molar-refractivity contribution in [3.8, 4) is 0 Å². The van der Waals surface area contributed by atoms with Crippen LogP contribution in [0.15, 0.2) is 24.3 Å². The number of likely N-dealkylation sites (tertiary alicyclic amines) is 1. The second-order valence-corrected chi connectivity index (χ2v) is 7.22. The minimum atomic E-state index is 0.155. The lowest BCUT2D eigenvalue weighted by Crippen LogP contribution is -2.35. The molecule has 6 heteroatoms. The fourth-order valence-corrected chi connectivity index (χ4v) is 3.70. The fourth-order valence-electron chi connectivity index (χ4n) is 2.86. The monoisotopic (exact) mass is 344 g/mol. The van der Waals surface area contributed by atoms with E-state index < -0.39 is 0 Å². The van der Waals surface area contributed by atoms with Crippen molar-refractivity contribution in [2.45, 2.75) is 45.6 Å². The molecule has 1 amide bonds. The molecule has 5 nitrogen and oxygen atoms in total. The van der Waals surface area contributed by atoms with E-state index in [0.29, 0.717) is 6.54 Å². The molecule has 0 saturated carbocycles. The predicted octanol–water partition coefficient (Wildman–Crippen LogP) is 3.73. The van der Waals surface area contributed by atoms with Crippen molar-refractivity contribution in [1.82, 2.24) is 15.1 Å². The van der Waals surface area contributed by atoms with Crippen LogP contribution in [-0.4, -0.2) is 34.1 Å². The molecule has 0 radical (unpaired) electrons. The summed E-state index contributed by atoms with van der Waals surface area (Å²) >= 11 is 1.61. The third-order valence-electron chi connectivity index (χ3n) is 4.22. The van der Waals surface area contributed by atoms with Crippen LogP contribution in [0, 0.1) is 0 Å². The van der Waals surface area contributed by atoms with Gasteiger partial charge in [0.05, 0.1) is 0 Å². The van der Waals surface area contributed by atoms with Crippen LogP contribution in [-0.2, 0) is 13.0 Å². The van der Waals surface area contributed by atoms with E-state index in [1.807, 2.05) is 29.2 Å². The summed E-state index contributed by atoms with van der Waals surface area (Å²) in [5.41, 5.74) is 1.92. The van der Waals surface area contributed by atoms with E-state index in [-0.39, 0.29) is 5.91 Å². The second kappa shape index (κ2) is 8.24. The van der Waals surface area contributed by atoms with Gasteiger partial charge in [-0.3, -0.25) is 4.79 Å². The fraction of sp³-hybridized carbons (Fsp3) is 0.500. The number of benzene rings is 1. The van der Waals surface area contributed by atoms with Gasteiger partial charge in [-0.1, -0.05) is 30.4 Å². The van der Waals surface area contributed by atoms with Gasteiger partial charge in [-0.15, -0.1) is 10.2 Å². The lowest BCUT2D eigenvalue weighted by Gasteiger charge is -2.26. The van der Waals surface area contributed by atoms with Crippen LogP contribution in [0.3, 0.4) is 0 Å². The maximum atomic E-state index is 12.4. The first-order valence-corrected chi connectivity index (χ1v) is 9.52. The molecule has 24 heavy (non-hydrogen) atoms. The highest BCUT2D eigenvalue weighted by Crippen LogP contribution is 2.18. The zero-order valence-corrected chi connectivity index (χ0v) is 14.9. The molecule has 0 aliphatic carbocycles. The van der Waals surface area contributed by atoms with Crippen molar-refractivity contribution in [3.05, 3.63) is 40.4 Å². The maximum absolute atomic E-state index is 12.4. The minimum absolute atomic E-state index is 0.155. The number of aryl methyl sites for hydroxylation is 1. The molecule has 1 saturated heterocycles. The zero-order chi connectivity index (χ0) is 16.8. The molecule has 1 fully saturated rings. The van der Waals surface area contributed by atoms with Gasteiger partial charge < -0.3 is 10.2 Å². The number of anilines is 1. The molecule has 2 heterocycles. The van der Waals surface area contributed by atoms with Crippen molar-refractivity contribution >= 4 is 22.4 Å². The molecule has 1 aromatic carbocycles. The van der Waals surface area contributed by atoms with Crippen LogP contribution in [0.2, 0.25) is 0 Å². The molecule has 3 rings (SSSR count). The predicted molar refractivity (Wildman–Crippen MR) is 97.4 cm³/mol. The molecule has 1 aromatic heterocycles. The van der Waals surface area contributed by atoms with Crippen LogP contribution in [0.4, 0.5) is 5.13 Å². The molecule has 0 spiro atoms. The van der Waals surface area contributed by atoms with Gasteiger partial charge >= 0.3 is 0 Å². The number of nitrogens with one attached hydrogen (secondary N) is 1. The Morgan fingerprint density at radius 3 is 2.62 bits per heavy atom. The lowest BCUT2D eigenvalue weighted by atomic mass is 10.1. The van der Waals surface area contributed by atoms with Crippen molar-refractivity contribution in [3.63, 3.8) is 0 Å². The van der Waals surface area contributed by atoms with E-state index >= 15 is 0 Å². The average Bonchev–Trinajstić information content (AvgIpc) is 3.08. The minimum Gasteiger partial charge on any atom is -0.356 e. The van der Waals surface area contributed by atoms with Crippen LogP contribution in [0.1, 0.15) is 53.5 Å². The van der Waals surface area contributed by atoms with Gasteiger partial charge in [-0.05, 0) is 43.4 Å². The molecule has 0 unspecified atom stereocenters. The first kappa shape index (κ1) is 16.9. The molecule has 128 valence electrons. The number of carbonyl (C=O) groups is 1. The van der Waals surface area contributed by atoms with Crippen LogP contribution in [0.25, 0.3) is 0 Å². The Balaban J connectivity index is 1.54. The van der Waals surface area contributed by atoms with Crippen LogP contribution < -0.4 is 5.32 Å². The summed E-state index contributed by atoms with van der Waals surface area (Å²) in [6.45, 7) is 4.61. The lowest BCUT2D eigenvalue weighted by molar-refractivity contribution is 0.0724. The Kier molecular flexibility index (Phi) is 5.80. The van der Waals surface area contributed by atoms with Crippen molar-refractivity contribution < 1.29 is 4.79 Å². The highest BCUT2D eigenvalue weighted by molar-refractivity contribution is 7.15. The molecule has 0 bridgehead atoms. The third kappa shape index (κ3) is 4.32. The van der Waals surface area contributed by atoms with Gasteiger partial charge in [0.1, 0.15) is 5.01 Å². The van der Waals surface area contributed by atoms with Gasteiger partial charge in [0.2, 0.25) is 5.13 Å². The number of aromatic nitrogens is 2. The SMILES string of the molecule is CCCc1nnc(NCc2ccc(C(=O)N3CCCCC3)cc2)s1. The Morgan fingerprint density at radius 2 is 1.92 bits per heavy atom. The topological polar surface area (TPSA) is 58.1 Å². The summed E-state index contributed by atoms with van der Waals surface area (Å²) in [6.07, 6.45) is 5.54. The first-order chi connectivity index (χ1) is 11.8. The highest BCUT2D eigenvalue weighted by Gasteiger charge is 2.17. The molecule has 1 aliphatic rings. The number of hydrogen-bond acceptors (Lipinski definition) is 5. The summed E-state index contributed by atoms with van der Waals surface area (Å²) in [5, 5.41) is 13.5. The molecule has 1 N–H and O–H groups in total. The van der Waals surface area contributed by atoms with Gasteiger partial charge in [0.25, 0.3) is 5.91 Å². The number of nitrogens with zero attached hydrogens (tertiary/aromatic N) is 3. The number of piperidine rings is 1. The third-order valence-corrected chi connectivity index (χ3v) is 5.16. The van der Waals surface area contributed by atoms with Crippen molar-refractivity contribution in [1.29, 1.82) is 0 Å². The van der Waals surface area contributed by atoms with Crippen molar-refractivity contribution in [2.24, 2.45) is 0 Å². The average molecular weight is 344 g/mol. The second-order valence-electron chi connectivity index (χ2n) is 6.15. The smallest absolute Gasteiger partial charge is 0.253 e. The van der Waals surface area contributed by atoms with Crippen molar-refractivity contribution in [2.75, 3.05) is 18.4 Å². The summed E-state index contributed by atoms with van der Waals surface area (Å²) < 4.78 is 0. The maximum Gasteiger partial charge on any atom is 0.253 e. The van der Waals surface area contributed by atoms with Crippen LogP contribution in [0.5, 0.6) is 0 Å². The summed E-state index contributed by atoms with van der Waals surface area (Å²) in [4.78, 5) is 14.4. The van der Waals surface area contributed by atoms with E-state index in [0.717, 1.165) is 60.0 Å². The van der Waals surface area contributed by atoms with Gasteiger partial charge in [-0.2, -0.15) is 0 Å². The summed E-state index contributed by atoms with van der Waals surface area (Å²) in [5.74, 6) is 0.155. The van der Waals surface area contributed by atoms with Crippen LogP contribution >= 0.6 is 11.3 Å². The van der Waals surface area contributed by atoms with E-state index in [1.165, 1.54) is 6.42 Å². The zero-order valence-electron chi connectivity index (χ0n) is 14.1. The van der Waals surface area contributed by atoms with E-state index in [4.69, 9.17) is 0 Å². The standard InChI is InChI=1S/C18H24N4OS/c1-2-6-16-20-21-18(24-16)19-13-14-7-9-15(10-8-14)17(23)22-11-4-3-5-12-22/h7-10H,2-6,11-13H2,1H3,(H,19,21). The molecular formula is C18H24N4OS. The molecular weight excluding hydrogens is 320 g/mol. The molecule has 2 aromatic rings. The normalized spacial score (nSPS) is 14.6. The Labute approximate surface area is 147 Å². The number of rotatable bonds is 6. The Hall–Kier alpha value is -1.95. The summed E-state index contributed by atoms with van der Waals surface area (Å²) in [6, 6.07) is 7.88. The van der Waals surface area contributed by atoms with E-state index in [9.17, 15) is 4.79 Å². The Morgan fingerprint density at radius 1 is 1.17 bits per heavy atom. The van der Waals surface area contributed by atoms with Gasteiger partial charge in [0, 0.05) is 31.6 Å². The first-order valence-electron chi connectivity index (χ1n) is 8.70.